The summed E-state index contributed by atoms with van der Waals surface area (Å²) >= 11 is 0. The molecule has 0 aliphatic heterocycles. The molecule has 0 aliphatic carbocycles. The van der Waals surface area contributed by atoms with Crippen LogP contribution in [-0.4, -0.2) is 23.9 Å². The summed E-state index contributed by atoms with van der Waals surface area (Å²) in [6.45, 7) is 9.08. The molecule has 0 fully saturated rings. The molecule has 0 unspecified atom stereocenters. The molecule has 0 spiro atoms. The van der Waals surface area contributed by atoms with Gasteiger partial charge in [-0.3, -0.25) is 9.59 Å². The van der Waals surface area contributed by atoms with Gasteiger partial charge >= 0.3 is 0 Å². The van der Waals surface area contributed by atoms with Gasteiger partial charge in [0, 0.05) is 11.8 Å². The predicted molar refractivity (Wildman–Crippen MR) is 81.9 cm³/mol. The summed E-state index contributed by atoms with van der Waals surface area (Å²) in [5, 5.41) is 2.67. The summed E-state index contributed by atoms with van der Waals surface area (Å²) < 4.78 is 11.4. The molecule has 1 N–H and O–H groups in total. The van der Waals surface area contributed by atoms with Gasteiger partial charge in [-0.05, 0) is 46.8 Å². The molecule has 1 aromatic rings. The zero-order chi connectivity index (χ0) is 16.0. The Kier molecular flexibility index (Phi) is 6.21. The van der Waals surface area contributed by atoms with E-state index in [0.29, 0.717) is 17.2 Å². The van der Waals surface area contributed by atoms with E-state index >= 15 is 0 Å². The summed E-state index contributed by atoms with van der Waals surface area (Å²) in [5.41, 5.74) is 0.577. The fraction of sp³-hybridized carbons (Fsp3) is 0.500. The van der Waals surface area contributed by atoms with Gasteiger partial charge in [-0.25, -0.2) is 0 Å². The van der Waals surface area contributed by atoms with Crippen LogP contribution in [0.3, 0.4) is 0 Å². The number of ketones is 1. The molecule has 0 atom stereocenters. The molecule has 1 rings (SSSR count). The number of rotatable bonds is 7. The second-order valence-electron chi connectivity index (χ2n) is 5.42. The highest BCUT2D eigenvalue weighted by Gasteiger charge is 2.12. The third-order valence-corrected chi connectivity index (χ3v) is 2.36. The molecule has 116 valence electrons. The second-order valence-corrected chi connectivity index (χ2v) is 5.42. The van der Waals surface area contributed by atoms with E-state index in [-0.39, 0.29) is 30.3 Å². The smallest absolute Gasteiger partial charge is 0.231 e. The van der Waals surface area contributed by atoms with Crippen molar-refractivity contribution in [3.63, 3.8) is 0 Å². The van der Waals surface area contributed by atoms with Gasteiger partial charge in [-0.1, -0.05) is 0 Å². The molecule has 0 aliphatic rings. The summed E-state index contributed by atoms with van der Waals surface area (Å²) in [4.78, 5) is 22.5. The van der Waals surface area contributed by atoms with Crippen molar-refractivity contribution >= 4 is 17.4 Å². The maximum Gasteiger partial charge on any atom is 0.231 e. The van der Waals surface area contributed by atoms with E-state index in [1.54, 1.807) is 18.2 Å². The number of nitrogens with one attached hydrogen (secondary N) is 1. The standard InChI is InChI=1S/C16H23NO4/c1-10(2)20-14-7-6-13(9-15(14)21-11(3)4)17-16(19)8-12(5)18/h6-7,9-11H,8H2,1-5H3,(H,17,19). The Bertz CT molecular complexity index is 509. The van der Waals surface area contributed by atoms with Crippen LogP contribution in [0.15, 0.2) is 18.2 Å². The fourth-order valence-corrected chi connectivity index (χ4v) is 1.71. The molecule has 0 saturated carbocycles. The van der Waals surface area contributed by atoms with Crippen molar-refractivity contribution in [2.45, 2.75) is 53.2 Å². The van der Waals surface area contributed by atoms with Crippen LogP contribution >= 0.6 is 0 Å². The van der Waals surface area contributed by atoms with Crippen LogP contribution in [0.4, 0.5) is 5.69 Å². The van der Waals surface area contributed by atoms with Gasteiger partial charge in [0.15, 0.2) is 11.5 Å². The van der Waals surface area contributed by atoms with Crippen LogP contribution in [0.2, 0.25) is 0 Å². The number of Topliss-reactive ketones (excluding diaryl/α,β-unsaturated/α-hetero) is 1. The molecule has 5 heteroatoms. The Morgan fingerprint density at radius 2 is 1.62 bits per heavy atom. The Hall–Kier alpha value is -2.04. The lowest BCUT2D eigenvalue weighted by molar-refractivity contribution is -0.124. The van der Waals surface area contributed by atoms with Gasteiger partial charge in [0.2, 0.25) is 5.91 Å². The summed E-state index contributed by atoms with van der Waals surface area (Å²) in [6, 6.07) is 5.18. The van der Waals surface area contributed by atoms with Crippen LogP contribution in [0, 0.1) is 0 Å². The van der Waals surface area contributed by atoms with Gasteiger partial charge in [-0.2, -0.15) is 0 Å². The zero-order valence-electron chi connectivity index (χ0n) is 13.2. The number of benzene rings is 1. The van der Waals surface area contributed by atoms with Gasteiger partial charge in [-0.15, -0.1) is 0 Å². The average molecular weight is 293 g/mol. The van der Waals surface area contributed by atoms with Gasteiger partial charge in [0.05, 0.1) is 18.6 Å². The third kappa shape index (κ3) is 6.29. The molecular formula is C16H23NO4. The lowest BCUT2D eigenvalue weighted by Gasteiger charge is -2.18. The van der Waals surface area contributed by atoms with Crippen molar-refractivity contribution in [1.29, 1.82) is 0 Å². The van der Waals surface area contributed by atoms with E-state index in [2.05, 4.69) is 5.32 Å². The van der Waals surface area contributed by atoms with Crippen molar-refractivity contribution in [2.24, 2.45) is 0 Å². The van der Waals surface area contributed by atoms with E-state index < -0.39 is 0 Å². The molecule has 5 nitrogen and oxygen atoms in total. The largest absolute Gasteiger partial charge is 0.487 e. The van der Waals surface area contributed by atoms with Gasteiger partial charge in [0.25, 0.3) is 0 Å². The minimum atomic E-state index is -0.337. The Labute approximate surface area is 125 Å². The maximum atomic E-state index is 11.6. The molecular weight excluding hydrogens is 270 g/mol. The van der Waals surface area contributed by atoms with Gasteiger partial charge < -0.3 is 14.8 Å². The Morgan fingerprint density at radius 1 is 1.05 bits per heavy atom. The quantitative estimate of drug-likeness (QED) is 0.784. The molecule has 1 aromatic carbocycles. The lowest BCUT2D eigenvalue weighted by atomic mass is 10.2. The summed E-state index contributed by atoms with van der Waals surface area (Å²) in [6.07, 6.45) is -0.120. The predicted octanol–water partition coefficient (Wildman–Crippen LogP) is 3.18. The van der Waals surface area contributed by atoms with Crippen molar-refractivity contribution in [3.05, 3.63) is 18.2 Å². The molecule has 1 amide bonds. The SMILES string of the molecule is CC(=O)CC(=O)Nc1ccc(OC(C)C)c(OC(C)C)c1. The van der Waals surface area contributed by atoms with Crippen LogP contribution in [-0.2, 0) is 9.59 Å². The van der Waals surface area contributed by atoms with Crippen molar-refractivity contribution in [3.8, 4) is 11.5 Å². The molecule has 21 heavy (non-hydrogen) atoms. The summed E-state index contributed by atoms with van der Waals surface area (Å²) in [5.74, 6) is 0.684. The van der Waals surface area contributed by atoms with E-state index in [1.165, 1.54) is 6.92 Å². The number of hydrogen-bond acceptors (Lipinski definition) is 4. The summed E-state index contributed by atoms with van der Waals surface area (Å²) in [7, 11) is 0. The van der Waals surface area contributed by atoms with Crippen molar-refractivity contribution in [1.82, 2.24) is 0 Å². The number of amides is 1. The van der Waals surface area contributed by atoms with E-state index in [1.807, 2.05) is 27.7 Å². The first-order valence-electron chi connectivity index (χ1n) is 7.04. The highest BCUT2D eigenvalue weighted by atomic mass is 16.5. The molecule has 0 saturated heterocycles. The van der Waals surface area contributed by atoms with Crippen LogP contribution < -0.4 is 14.8 Å². The number of carbonyl (C=O) groups excluding carboxylic acids is 2. The fourth-order valence-electron chi connectivity index (χ4n) is 1.71. The first kappa shape index (κ1) is 17.0. The molecule has 0 bridgehead atoms. The van der Waals surface area contributed by atoms with Crippen molar-refractivity contribution < 1.29 is 19.1 Å². The molecule has 0 aromatic heterocycles. The van der Waals surface area contributed by atoms with E-state index in [9.17, 15) is 9.59 Å². The monoisotopic (exact) mass is 293 g/mol. The molecule has 0 radical (unpaired) electrons. The number of carbonyl (C=O) groups is 2. The topological polar surface area (TPSA) is 64.6 Å². The lowest BCUT2D eigenvalue weighted by Crippen LogP contribution is -2.15. The second kappa shape index (κ2) is 7.67. The van der Waals surface area contributed by atoms with E-state index in [4.69, 9.17) is 9.47 Å². The Morgan fingerprint density at radius 3 is 2.14 bits per heavy atom. The third-order valence-electron chi connectivity index (χ3n) is 2.36. The first-order valence-corrected chi connectivity index (χ1v) is 7.04. The minimum Gasteiger partial charge on any atom is -0.487 e. The average Bonchev–Trinajstić information content (AvgIpc) is 2.30. The number of hydrogen-bond donors (Lipinski definition) is 1. The van der Waals surface area contributed by atoms with E-state index in [0.717, 1.165) is 0 Å². The number of anilines is 1. The first-order chi connectivity index (χ1) is 9.77. The Balaban J connectivity index is 2.92. The van der Waals surface area contributed by atoms with Gasteiger partial charge in [0.1, 0.15) is 5.78 Å². The normalized spacial score (nSPS) is 10.6. The maximum absolute atomic E-state index is 11.6. The van der Waals surface area contributed by atoms with Crippen molar-refractivity contribution in [2.75, 3.05) is 5.32 Å². The molecule has 0 heterocycles. The van der Waals surface area contributed by atoms with Crippen LogP contribution in [0.5, 0.6) is 11.5 Å². The highest BCUT2D eigenvalue weighted by Crippen LogP contribution is 2.32. The van der Waals surface area contributed by atoms with Crippen LogP contribution in [0.25, 0.3) is 0 Å². The minimum absolute atomic E-state index is 0.0114. The number of ether oxygens (including phenoxy) is 2. The highest BCUT2D eigenvalue weighted by molar-refractivity contribution is 6.03. The van der Waals surface area contributed by atoms with Crippen LogP contribution in [0.1, 0.15) is 41.0 Å². The zero-order valence-corrected chi connectivity index (χ0v) is 13.2.